The smallest absolute Gasteiger partial charge is 0.251 e. The number of fused-ring (bicyclic) bond motifs is 3. The number of morpholine rings is 1. The number of carbonyl (C=O) groups excluding carboxylic acids is 1. The summed E-state index contributed by atoms with van der Waals surface area (Å²) in [5, 5.41) is 6.45. The summed E-state index contributed by atoms with van der Waals surface area (Å²) >= 11 is 1.49. The minimum atomic E-state index is -0.299. The normalized spacial score (nSPS) is 19.6. The van der Waals surface area contributed by atoms with Gasteiger partial charge in [-0.2, -0.15) is 0 Å². The maximum Gasteiger partial charge on any atom is 0.251 e. The van der Waals surface area contributed by atoms with Gasteiger partial charge >= 0.3 is 0 Å². The number of nitrogens with one attached hydrogen (secondary N) is 2. The molecule has 6 rings (SSSR count). The second kappa shape index (κ2) is 9.07. The van der Waals surface area contributed by atoms with Gasteiger partial charge in [-0.1, -0.05) is 17.4 Å². The molecule has 0 saturated carbocycles. The summed E-state index contributed by atoms with van der Waals surface area (Å²) in [5.41, 5.74) is 3.51. The minimum Gasteiger partial charge on any atom is -0.381 e. The summed E-state index contributed by atoms with van der Waals surface area (Å²) in [4.78, 5) is 18.1. The van der Waals surface area contributed by atoms with Gasteiger partial charge in [0.1, 0.15) is 5.82 Å². The number of imidazole rings is 1. The van der Waals surface area contributed by atoms with E-state index in [4.69, 9.17) is 9.47 Å². The molecule has 0 bridgehead atoms. The first-order valence-electron chi connectivity index (χ1n) is 11.6. The highest BCUT2D eigenvalue weighted by atomic mass is 32.1. The summed E-state index contributed by atoms with van der Waals surface area (Å²) in [5.74, 6) is -0.368. The van der Waals surface area contributed by atoms with Gasteiger partial charge in [-0.3, -0.25) is 9.20 Å². The molecule has 1 unspecified atom stereocenters. The third kappa shape index (κ3) is 4.09. The summed E-state index contributed by atoms with van der Waals surface area (Å²) in [6.45, 7) is 3.35. The van der Waals surface area contributed by atoms with Crippen molar-refractivity contribution < 1.29 is 21.5 Å². The molecule has 1 atom stereocenters. The van der Waals surface area contributed by atoms with Crippen LogP contribution < -0.4 is 10.6 Å². The number of carbonyl (C=O) groups is 1. The van der Waals surface area contributed by atoms with Crippen molar-refractivity contribution in [3.05, 3.63) is 59.5 Å². The average molecular weight is 485 g/mol. The lowest BCUT2D eigenvalue weighted by Crippen LogP contribution is -2.38. The van der Waals surface area contributed by atoms with E-state index in [0.717, 1.165) is 40.1 Å². The molecule has 2 aliphatic rings. The van der Waals surface area contributed by atoms with Gasteiger partial charge in [0.15, 0.2) is 4.96 Å². The largest absolute Gasteiger partial charge is 0.381 e. The predicted octanol–water partition coefficient (Wildman–Crippen LogP) is 4.42. The number of aromatic nitrogens is 2. The number of rotatable bonds is 4. The topological polar surface area (TPSA) is 76.9 Å². The molecule has 0 spiro atoms. The van der Waals surface area contributed by atoms with Gasteiger partial charge in [-0.25, -0.2) is 9.37 Å². The number of thiazole rings is 1. The van der Waals surface area contributed by atoms with Crippen LogP contribution in [0.2, 0.25) is 0 Å². The van der Waals surface area contributed by atoms with Gasteiger partial charge in [0.25, 0.3) is 5.91 Å². The maximum absolute atomic E-state index is 15.0. The molecule has 34 heavy (non-hydrogen) atoms. The predicted molar refractivity (Wildman–Crippen MR) is 133 cm³/mol. The van der Waals surface area contributed by atoms with Crippen molar-refractivity contribution in [2.45, 2.75) is 24.9 Å². The van der Waals surface area contributed by atoms with E-state index in [1.807, 2.05) is 34.9 Å². The Bertz CT molecular complexity index is 1370. The summed E-state index contributed by atoms with van der Waals surface area (Å²) in [6, 6.07) is 11.1. The van der Waals surface area contributed by atoms with E-state index >= 15 is 4.39 Å². The number of ether oxygens (including phenoxy) is 2. The van der Waals surface area contributed by atoms with E-state index in [1.165, 1.54) is 11.3 Å². The fourth-order valence-corrected chi connectivity index (χ4v) is 5.67. The molecule has 1 amide bonds. The number of halogens is 1. The Morgan fingerprint density at radius 3 is 2.85 bits per heavy atom. The molecule has 0 radical (unpaired) electrons. The van der Waals surface area contributed by atoms with Crippen LogP contribution in [0.5, 0.6) is 0 Å². The van der Waals surface area contributed by atoms with E-state index in [-0.39, 0.29) is 26.7 Å². The molecule has 0 aliphatic carbocycles. The van der Waals surface area contributed by atoms with E-state index in [9.17, 15) is 4.79 Å². The van der Waals surface area contributed by atoms with Crippen LogP contribution in [-0.2, 0) is 9.47 Å². The SMILES string of the molecule is O=C(NC1CCOCC1)c1ccc2c(c1)sc1nc(-c3ccc(C4COCCN4)cc3F)cn12.[HH].[HH]. The highest BCUT2D eigenvalue weighted by Gasteiger charge is 2.20. The van der Waals surface area contributed by atoms with Crippen LogP contribution >= 0.6 is 11.3 Å². The summed E-state index contributed by atoms with van der Waals surface area (Å²) in [6.07, 6.45) is 3.54. The van der Waals surface area contributed by atoms with E-state index in [1.54, 1.807) is 12.1 Å². The van der Waals surface area contributed by atoms with Gasteiger partial charge < -0.3 is 20.1 Å². The van der Waals surface area contributed by atoms with Crippen molar-refractivity contribution in [3.8, 4) is 11.3 Å². The molecule has 7 nitrogen and oxygen atoms in total. The van der Waals surface area contributed by atoms with Crippen LogP contribution in [0, 0.1) is 5.82 Å². The van der Waals surface area contributed by atoms with Crippen LogP contribution in [0.25, 0.3) is 26.4 Å². The number of nitrogens with zero attached hydrogens (tertiary/aromatic N) is 2. The Morgan fingerprint density at radius 1 is 1.18 bits per heavy atom. The van der Waals surface area contributed by atoms with Crippen molar-refractivity contribution in [2.24, 2.45) is 0 Å². The lowest BCUT2D eigenvalue weighted by Gasteiger charge is -2.24. The van der Waals surface area contributed by atoms with Crippen LogP contribution in [0.3, 0.4) is 0 Å². The molecule has 2 saturated heterocycles. The Balaban J connectivity index is 0.00000152. The molecule has 2 aromatic carbocycles. The molecule has 2 aromatic heterocycles. The Hall–Kier alpha value is -2.85. The molecule has 180 valence electrons. The number of benzene rings is 2. The summed E-state index contributed by atoms with van der Waals surface area (Å²) < 4.78 is 28.8. The Labute approximate surface area is 202 Å². The standard InChI is InChI=1S/C25H25FN4O3S.2H2/c26-19-11-15(21-14-33-10-7-27-21)1-3-18(19)20-13-30-22-4-2-16(12-23(22)34-25(30)29-20)24(31)28-17-5-8-32-9-6-17;;/h1-4,11-13,17,21,27H,5-10,14H2,(H,28,31);2*1H. The highest BCUT2D eigenvalue weighted by Crippen LogP contribution is 2.32. The molecule has 2 aliphatic heterocycles. The van der Waals surface area contributed by atoms with E-state index in [0.29, 0.717) is 43.2 Å². The fraction of sp³-hybridized carbons (Fsp3) is 0.360. The van der Waals surface area contributed by atoms with Crippen molar-refractivity contribution >= 4 is 32.4 Å². The van der Waals surface area contributed by atoms with Crippen LogP contribution in [0.4, 0.5) is 4.39 Å². The van der Waals surface area contributed by atoms with E-state index in [2.05, 4.69) is 15.6 Å². The Kier molecular flexibility index (Phi) is 5.78. The van der Waals surface area contributed by atoms with Crippen molar-refractivity contribution in [2.75, 3.05) is 33.0 Å². The first-order chi connectivity index (χ1) is 16.7. The third-order valence-electron chi connectivity index (χ3n) is 6.51. The maximum atomic E-state index is 15.0. The van der Waals surface area contributed by atoms with Crippen LogP contribution in [0.15, 0.2) is 42.6 Å². The second-order valence-corrected chi connectivity index (χ2v) is 9.75. The van der Waals surface area contributed by atoms with Gasteiger partial charge in [-0.05, 0) is 48.7 Å². The van der Waals surface area contributed by atoms with Crippen LogP contribution in [0.1, 0.15) is 37.7 Å². The third-order valence-corrected chi connectivity index (χ3v) is 7.52. The quantitative estimate of drug-likeness (QED) is 0.449. The monoisotopic (exact) mass is 484 g/mol. The van der Waals surface area contributed by atoms with Gasteiger partial charge in [0.2, 0.25) is 0 Å². The zero-order chi connectivity index (χ0) is 23.1. The summed E-state index contributed by atoms with van der Waals surface area (Å²) in [7, 11) is 0. The zero-order valence-corrected chi connectivity index (χ0v) is 19.4. The minimum absolute atomic E-state index is 0. The van der Waals surface area contributed by atoms with Gasteiger partial charge in [0, 0.05) is 46.0 Å². The van der Waals surface area contributed by atoms with Crippen molar-refractivity contribution in [1.29, 1.82) is 0 Å². The molecule has 4 aromatic rings. The van der Waals surface area contributed by atoms with Crippen molar-refractivity contribution in [1.82, 2.24) is 20.0 Å². The molecule has 2 N–H and O–H groups in total. The first kappa shape index (κ1) is 21.7. The number of amides is 1. The molecule has 4 heterocycles. The second-order valence-electron chi connectivity index (χ2n) is 8.74. The molecular weight excluding hydrogens is 455 g/mol. The van der Waals surface area contributed by atoms with Crippen molar-refractivity contribution in [3.63, 3.8) is 0 Å². The number of hydrogen-bond acceptors (Lipinski definition) is 6. The van der Waals surface area contributed by atoms with Gasteiger partial charge in [-0.15, -0.1) is 0 Å². The lowest BCUT2D eigenvalue weighted by atomic mass is 10.0. The van der Waals surface area contributed by atoms with Gasteiger partial charge in [0.05, 0.1) is 35.2 Å². The lowest BCUT2D eigenvalue weighted by molar-refractivity contribution is 0.0696. The van der Waals surface area contributed by atoms with E-state index < -0.39 is 0 Å². The fourth-order valence-electron chi connectivity index (χ4n) is 4.62. The number of hydrogen-bond donors (Lipinski definition) is 2. The Morgan fingerprint density at radius 2 is 2.06 bits per heavy atom. The molecular formula is C25H29FN4O3S. The molecule has 9 heteroatoms. The van der Waals surface area contributed by atoms with Crippen LogP contribution in [-0.4, -0.2) is 54.3 Å². The zero-order valence-electron chi connectivity index (χ0n) is 18.6. The average Bonchev–Trinajstić information content (AvgIpc) is 3.42. The first-order valence-corrected chi connectivity index (χ1v) is 12.4. The highest BCUT2D eigenvalue weighted by molar-refractivity contribution is 7.23. The molecule has 2 fully saturated rings.